The van der Waals surface area contributed by atoms with Crippen LogP contribution in [-0.2, 0) is 4.79 Å². The quantitative estimate of drug-likeness (QED) is 0.422. The van der Waals surface area contributed by atoms with Gasteiger partial charge in [0.1, 0.15) is 11.5 Å². The first kappa shape index (κ1) is 15.4. The number of hydrogen-bond donors (Lipinski definition) is 1. The summed E-state index contributed by atoms with van der Waals surface area (Å²) in [6.45, 7) is 0.437. The molecule has 0 amide bonds. The van der Waals surface area contributed by atoms with Crippen molar-refractivity contribution in [2.24, 2.45) is 0 Å². The number of halogens is 1. The van der Waals surface area contributed by atoms with E-state index < -0.39 is 0 Å². The highest BCUT2D eigenvalue weighted by Gasteiger charge is 2.09. The molecule has 0 radical (unpaired) electrons. The number of rotatable bonds is 6. The number of esters is 1. The number of nitrogens with one attached hydrogen (secondary N) is 1. The Morgan fingerprint density at radius 1 is 1.17 bits per heavy atom. The van der Waals surface area contributed by atoms with Crippen LogP contribution >= 0.6 is 11.6 Å². The predicted octanol–water partition coefficient (Wildman–Crippen LogP) is 3.98. The standard InChI is InChI=1S/C17H15ClN2O3/c18-12-6-8-13(9-7-12)22-10-2-5-17(21)23-16-4-1-3-15-14(16)11-19-20-15/h1,3-4,6-9,11H,2,5,10H2,(H,19,20). The molecule has 1 N–H and O–H groups in total. The molecule has 0 aliphatic rings. The molecule has 2 aromatic carbocycles. The number of aromatic nitrogens is 2. The predicted molar refractivity (Wildman–Crippen MR) is 87.9 cm³/mol. The first-order chi connectivity index (χ1) is 11.2. The zero-order valence-corrected chi connectivity index (χ0v) is 13.0. The SMILES string of the molecule is O=C(CCCOc1ccc(Cl)cc1)Oc1cccc2[nH]ncc12. The lowest BCUT2D eigenvalue weighted by molar-refractivity contribution is -0.134. The summed E-state index contributed by atoms with van der Waals surface area (Å²) in [5.41, 5.74) is 0.835. The number of ether oxygens (including phenoxy) is 2. The van der Waals surface area contributed by atoms with Crippen molar-refractivity contribution in [1.82, 2.24) is 10.2 Å². The highest BCUT2D eigenvalue weighted by atomic mass is 35.5. The number of fused-ring (bicyclic) bond motifs is 1. The summed E-state index contributed by atoms with van der Waals surface area (Å²) in [6.07, 6.45) is 2.49. The van der Waals surface area contributed by atoms with Crippen LogP contribution < -0.4 is 9.47 Å². The molecule has 1 heterocycles. The van der Waals surface area contributed by atoms with Crippen LogP contribution in [0.1, 0.15) is 12.8 Å². The number of hydrogen-bond acceptors (Lipinski definition) is 4. The Balaban J connectivity index is 1.46. The minimum Gasteiger partial charge on any atom is -0.494 e. The van der Waals surface area contributed by atoms with E-state index in [1.165, 1.54) is 0 Å². The average molecular weight is 331 g/mol. The molecule has 6 heteroatoms. The third-order valence-electron chi connectivity index (χ3n) is 3.28. The number of nitrogens with zero attached hydrogens (tertiary/aromatic N) is 1. The Kier molecular flexibility index (Phi) is 4.78. The van der Waals surface area contributed by atoms with Crippen LogP contribution in [0.2, 0.25) is 5.02 Å². The highest BCUT2D eigenvalue weighted by Crippen LogP contribution is 2.24. The molecule has 23 heavy (non-hydrogen) atoms. The second-order valence-corrected chi connectivity index (χ2v) is 5.40. The zero-order valence-electron chi connectivity index (χ0n) is 12.3. The number of carbonyl (C=O) groups excluding carboxylic acids is 1. The Labute approximate surface area is 138 Å². The van der Waals surface area contributed by atoms with Crippen molar-refractivity contribution in [3.05, 3.63) is 53.7 Å². The summed E-state index contributed by atoms with van der Waals surface area (Å²) in [6, 6.07) is 12.5. The van der Waals surface area contributed by atoms with Gasteiger partial charge >= 0.3 is 5.97 Å². The average Bonchev–Trinajstić information content (AvgIpc) is 3.03. The number of aromatic amines is 1. The summed E-state index contributed by atoms with van der Waals surface area (Å²) < 4.78 is 10.9. The smallest absolute Gasteiger partial charge is 0.311 e. The van der Waals surface area contributed by atoms with E-state index in [9.17, 15) is 4.79 Å². The number of H-pyrrole nitrogens is 1. The summed E-state index contributed by atoms with van der Waals surface area (Å²) in [7, 11) is 0. The summed E-state index contributed by atoms with van der Waals surface area (Å²) in [4.78, 5) is 11.9. The van der Waals surface area contributed by atoms with E-state index in [1.54, 1.807) is 36.5 Å². The van der Waals surface area contributed by atoms with Gasteiger partial charge in [0.2, 0.25) is 0 Å². The molecule has 0 saturated carbocycles. The van der Waals surface area contributed by atoms with E-state index >= 15 is 0 Å². The van der Waals surface area contributed by atoms with Crippen LogP contribution in [0, 0.1) is 0 Å². The topological polar surface area (TPSA) is 64.2 Å². The Bertz CT molecular complexity index is 799. The first-order valence-corrected chi connectivity index (χ1v) is 7.61. The molecule has 0 aliphatic carbocycles. The molecule has 1 aromatic heterocycles. The van der Waals surface area contributed by atoms with Crippen molar-refractivity contribution in [1.29, 1.82) is 0 Å². The first-order valence-electron chi connectivity index (χ1n) is 7.23. The van der Waals surface area contributed by atoms with E-state index in [1.807, 2.05) is 12.1 Å². The van der Waals surface area contributed by atoms with Gasteiger partial charge in [-0.05, 0) is 42.8 Å². The summed E-state index contributed by atoms with van der Waals surface area (Å²) in [5.74, 6) is 0.948. The van der Waals surface area contributed by atoms with Crippen LogP contribution in [0.3, 0.4) is 0 Å². The van der Waals surface area contributed by atoms with Gasteiger partial charge in [-0.1, -0.05) is 17.7 Å². The second kappa shape index (κ2) is 7.15. The molecule has 5 nitrogen and oxygen atoms in total. The third kappa shape index (κ3) is 4.02. The van der Waals surface area contributed by atoms with Gasteiger partial charge in [0.05, 0.1) is 23.7 Å². The molecule has 0 saturated heterocycles. The van der Waals surface area contributed by atoms with Gasteiger partial charge in [0.25, 0.3) is 0 Å². The monoisotopic (exact) mass is 330 g/mol. The van der Waals surface area contributed by atoms with Crippen LogP contribution in [0.15, 0.2) is 48.7 Å². The Hall–Kier alpha value is -2.53. The molecule has 3 aromatic rings. The van der Waals surface area contributed by atoms with Crippen LogP contribution in [0.4, 0.5) is 0 Å². The zero-order chi connectivity index (χ0) is 16.1. The lowest BCUT2D eigenvalue weighted by Gasteiger charge is -2.07. The van der Waals surface area contributed by atoms with Gasteiger partial charge < -0.3 is 9.47 Å². The van der Waals surface area contributed by atoms with Gasteiger partial charge in [-0.25, -0.2) is 0 Å². The van der Waals surface area contributed by atoms with Crippen LogP contribution in [-0.4, -0.2) is 22.8 Å². The molecular weight excluding hydrogens is 316 g/mol. The van der Waals surface area contributed by atoms with E-state index in [4.69, 9.17) is 21.1 Å². The lowest BCUT2D eigenvalue weighted by atomic mass is 10.2. The van der Waals surface area contributed by atoms with Gasteiger partial charge in [0, 0.05) is 11.4 Å². The lowest BCUT2D eigenvalue weighted by Crippen LogP contribution is -2.10. The van der Waals surface area contributed by atoms with Crippen LogP contribution in [0.25, 0.3) is 10.9 Å². The largest absolute Gasteiger partial charge is 0.494 e. The fraction of sp³-hybridized carbons (Fsp3) is 0.176. The number of carbonyl (C=O) groups is 1. The normalized spacial score (nSPS) is 10.7. The maximum atomic E-state index is 11.9. The Morgan fingerprint density at radius 3 is 2.83 bits per heavy atom. The molecule has 0 atom stereocenters. The van der Waals surface area contributed by atoms with E-state index in [-0.39, 0.29) is 12.4 Å². The maximum absolute atomic E-state index is 11.9. The molecular formula is C17H15ClN2O3. The Morgan fingerprint density at radius 2 is 2.00 bits per heavy atom. The van der Waals surface area contributed by atoms with Gasteiger partial charge in [-0.15, -0.1) is 0 Å². The molecule has 0 unspecified atom stereocenters. The van der Waals surface area contributed by atoms with Gasteiger partial charge in [-0.3, -0.25) is 9.89 Å². The van der Waals surface area contributed by atoms with E-state index in [0.29, 0.717) is 23.8 Å². The van der Waals surface area contributed by atoms with E-state index in [2.05, 4.69) is 10.2 Å². The van der Waals surface area contributed by atoms with Crippen molar-refractivity contribution >= 4 is 28.5 Å². The van der Waals surface area contributed by atoms with Gasteiger partial charge in [0.15, 0.2) is 0 Å². The number of benzene rings is 2. The molecule has 0 aliphatic heterocycles. The van der Waals surface area contributed by atoms with Crippen molar-refractivity contribution < 1.29 is 14.3 Å². The third-order valence-corrected chi connectivity index (χ3v) is 3.53. The maximum Gasteiger partial charge on any atom is 0.311 e. The summed E-state index contributed by atoms with van der Waals surface area (Å²) in [5, 5.41) is 8.23. The molecule has 0 fully saturated rings. The van der Waals surface area contributed by atoms with Crippen molar-refractivity contribution in [2.45, 2.75) is 12.8 Å². The minimum absolute atomic E-state index is 0.280. The molecule has 0 bridgehead atoms. The minimum atomic E-state index is -0.293. The highest BCUT2D eigenvalue weighted by molar-refractivity contribution is 6.30. The fourth-order valence-corrected chi connectivity index (χ4v) is 2.27. The van der Waals surface area contributed by atoms with Crippen LogP contribution in [0.5, 0.6) is 11.5 Å². The van der Waals surface area contributed by atoms with E-state index in [0.717, 1.165) is 16.7 Å². The molecule has 118 valence electrons. The molecule has 3 rings (SSSR count). The van der Waals surface area contributed by atoms with Crippen molar-refractivity contribution in [2.75, 3.05) is 6.61 Å². The van der Waals surface area contributed by atoms with Crippen molar-refractivity contribution in [3.8, 4) is 11.5 Å². The summed E-state index contributed by atoms with van der Waals surface area (Å²) >= 11 is 5.80. The van der Waals surface area contributed by atoms with Crippen molar-refractivity contribution in [3.63, 3.8) is 0 Å². The van der Waals surface area contributed by atoms with Gasteiger partial charge in [-0.2, -0.15) is 5.10 Å². The second-order valence-electron chi connectivity index (χ2n) is 4.97. The molecule has 0 spiro atoms. The fourth-order valence-electron chi connectivity index (χ4n) is 2.14.